The first-order valence-corrected chi connectivity index (χ1v) is 9.73. The van der Waals surface area contributed by atoms with E-state index in [0.29, 0.717) is 11.7 Å². The number of benzene rings is 1. The Bertz CT molecular complexity index is 1170. The highest BCUT2D eigenvalue weighted by molar-refractivity contribution is 5.91. The van der Waals surface area contributed by atoms with E-state index < -0.39 is 0 Å². The van der Waals surface area contributed by atoms with E-state index in [1.165, 1.54) is 12.1 Å². The normalized spacial score (nSPS) is 16.7. The molecule has 1 aromatic carbocycles. The minimum Gasteiger partial charge on any atom is -0.355 e. The van der Waals surface area contributed by atoms with Crippen LogP contribution in [0.1, 0.15) is 23.6 Å². The van der Waals surface area contributed by atoms with Crippen LogP contribution in [0.4, 0.5) is 10.2 Å². The molecule has 1 fully saturated rings. The molecule has 0 radical (unpaired) electrons. The molecule has 7 heteroatoms. The number of anilines is 1. The maximum Gasteiger partial charge on any atom is 0.182 e. The van der Waals surface area contributed by atoms with Gasteiger partial charge in [0.15, 0.2) is 11.5 Å². The van der Waals surface area contributed by atoms with Gasteiger partial charge in [0.05, 0.1) is 11.1 Å². The van der Waals surface area contributed by atoms with E-state index in [0.717, 1.165) is 53.3 Å². The summed E-state index contributed by atoms with van der Waals surface area (Å²) in [5, 5.41) is 5.55. The van der Waals surface area contributed by atoms with Crippen molar-refractivity contribution in [1.29, 1.82) is 0 Å². The quantitative estimate of drug-likeness (QED) is 0.533. The van der Waals surface area contributed by atoms with Gasteiger partial charge < -0.3 is 4.90 Å². The van der Waals surface area contributed by atoms with Crippen LogP contribution in [0, 0.1) is 12.7 Å². The monoisotopic (exact) mass is 388 g/mol. The topological polar surface area (TPSA) is 59.7 Å². The fourth-order valence-corrected chi connectivity index (χ4v) is 4.12. The van der Waals surface area contributed by atoms with Crippen LogP contribution in [0.5, 0.6) is 0 Å². The molecule has 0 amide bonds. The van der Waals surface area contributed by atoms with Gasteiger partial charge in [-0.3, -0.25) is 9.67 Å². The van der Waals surface area contributed by atoms with Crippen molar-refractivity contribution in [1.82, 2.24) is 24.7 Å². The van der Waals surface area contributed by atoms with Crippen LogP contribution in [-0.4, -0.2) is 37.8 Å². The summed E-state index contributed by atoms with van der Waals surface area (Å²) >= 11 is 0. The zero-order valence-electron chi connectivity index (χ0n) is 16.4. The second-order valence-corrected chi connectivity index (χ2v) is 7.48. The number of aromatic nitrogens is 5. The Morgan fingerprint density at radius 3 is 2.66 bits per heavy atom. The summed E-state index contributed by atoms with van der Waals surface area (Å²) in [6.45, 7) is 3.70. The first-order valence-electron chi connectivity index (χ1n) is 9.73. The zero-order chi connectivity index (χ0) is 20.0. The third-order valence-electron chi connectivity index (χ3n) is 5.56. The van der Waals surface area contributed by atoms with Crippen molar-refractivity contribution in [2.45, 2.75) is 19.3 Å². The molecule has 4 aromatic rings. The van der Waals surface area contributed by atoms with Crippen LogP contribution in [0.25, 0.3) is 22.6 Å². The predicted octanol–water partition coefficient (Wildman–Crippen LogP) is 3.87. The molecule has 3 aromatic heterocycles. The van der Waals surface area contributed by atoms with Gasteiger partial charge in [0, 0.05) is 32.3 Å². The molecular formula is C22H21FN6. The molecule has 0 spiro atoms. The summed E-state index contributed by atoms with van der Waals surface area (Å²) in [6, 6.07) is 12.6. The number of halogens is 1. The van der Waals surface area contributed by atoms with Crippen molar-refractivity contribution in [2.75, 3.05) is 18.0 Å². The van der Waals surface area contributed by atoms with Crippen molar-refractivity contribution in [2.24, 2.45) is 7.05 Å². The number of nitrogens with zero attached hydrogens (tertiary/aromatic N) is 6. The van der Waals surface area contributed by atoms with Crippen molar-refractivity contribution in [3.8, 4) is 11.5 Å². The summed E-state index contributed by atoms with van der Waals surface area (Å²) in [4.78, 5) is 16.4. The van der Waals surface area contributed by atoms with Crippen molar-refractivity contribution in [3.05, 3.63) is 65.7 Å². The van der Waals surface area contributed by atoms with Crippen LogP contribution in [-0.2, 0) is 7.05 Å². The average molecular weight is 388 g/mol. The van der Waals surface area contributed by atoms with Crippen LogP contribution in [0.15, 0.2) is 48.7 Å². The molecule has 1 aliphatic heterocycles. The fourth-order valence-electron chi connectivity index (χ4n) is 4.12. The highest BCUT2D eigenvalue weighted by Crippen LogP contribution is 2.35. The zero-order valence-corrected chi connectivity index (χ0v) is 16.4. The molecule has 0 saturated carbocycles. The highest BCUT2D eigenvalue weighted by atomic mass is 19.1. The molecular weight excluding hydrogens is 367 g/mol. The third kappa shape index (κ3) is 3.12. The number of pyridine rings is 1. The van der Waals surface area contributed by atoms with Gasteiger partial charge in [0.25, 0.3) is 0 Å². The first kappa shape index (κ1) is 17.7. The van der Waals surface area contributed by atoms with E-state index >= 15 is 0 Å². The summed E-state index contributed by atoms with van der Waals surface area (Å²) < 4.78 is 15.1. The van der Waals surface area contributed by atoms with Crippen LogP contribution in [0.3, 0.4) is 0 Å². The maximum atomic E-state index is 13.3. The number of hydrogen-bond acceptors (Lipinski definition) is 5. The molecule has 5 rings (SSSR count). The molecule has 1 unspecified atom stereocenters. The lowest BCUT2D eigenvalue weighted by Crippen LogP contribution is -2.21. The summed E-state index contributed by atoms with van der Waals surface area (Å²) in [6.07, 6.45) is 2.74. The standard InChI is InChI=1S/C22H21FN6/c1-14-19-21(28(2)27-14)25-20(18-5-3-4-11-24-18)26-22(19)29-12-10-16(13-29)15-6-8-17(23)9-7-15/h3-9,11,16H,10,12-13H2,1-2H3. The summed E-state index contributed by atoms with van der Waals surface area (Å²) in [7, 11) is 1.90. The largest absolute Gasteiger partial charge is 0.355 e. The van der Waals surface area contributed by atoms with Gasteiger partial charge in [-0.15, -0.1) is 0 Å². The molecule has 1 aliphatic rings. The van der Waals surface area contributed by atoms with Gasteiger partial charge >= 0.3 is 0 Å². The molecule has 6 nitrogen and oxygen atoms in total. The van der Waals surface area contributed by atoms with Gasteiger partial charge in [-0.05, 0) is 43.2 Å². The van der Waals surface area contributed by atoms with E-state index in [1.54, 1.807) is 10.9 Å². The summed E-state index contributed by atoms with van der Waals surface area (Å²) in [5.41, 5.74) is 3.62. The van der Waals surface area contributed by atoms with E-state index in [9.17, 15) is 4.39 Å². The second kappa shape index (κ2) is 6.92. The van der Waals surface area contributed by atoms with E-state index in [4.69, 9.17) is 9.97 Å². The number of fused-ring (bicyclic) bond motifs is 1. The number of rotatable bonds is 3. The Labute approximate surface area is 168 Å². The second-order valence-electron chi connectivity index (χ2n) is 7.48. The van der Waals surface area contributed by atoms with Crippen LogP contribution < -0.4 is 4.90 Å². The Kier molecular flexibility index (Phi) is 4.23. The van der Waals surface area contributed by atoms with Gasteiger partial charge in [0.2, 0.25) is 0 Å². The van der Waals surface area contributed by atoms with Gasteiger partial charge in [-0.2, -0.15) is 5.10 Å². The van der Waals surface area contributed by atoms with Gasteiger partial charge in [0.1, 0.15) is 17.3 Å². The minimum atomic E-state index is -0.202. The maximum absolute atomic E-state index is 13.3. The third-order valence-corrected chi connectivity index (χ3v) is 5.56. The Morgan fingerprint density at radius 1 is 1.07 bits per heavy atom. The lowest BCUT2D eigenvalue weighted by atomic mass is 9.99. The van der Waals surface area contributed by atoms with Crippen molar-refractivity contribution >= 4 is 16.9 Å². The molecule has 29 heavy (non-hydrogen) atoms. The molecule has 1 saturated heterocycles. The van der Waals surface area contributed by atoms with E-state index in [-0.39, 0.29) is 5.82 Å². The Morgan fingerprint density at radius 2 is 1.90 bits per heavy atom. The molecule has 0 N–H and O–H groups in total. The lowest BCUT2D eigenvalue weighted by Gasteiger charge is -2.19. The SMILES string of the molecule is Cc1nn(C)c2nc(-c3ccccn3)nc(N3CCC(c4ccc(F)cc4)C3)c12. The van der Waals surface area contributed by atoms with Gasteiger partial charge in [-0.1, -0.05) is 18.2 Å². The average Bonchev–Trinajstić information content (AvgIpc) is 3.34. The first-order chi connectivity index (χ1) is 14.1. The Hall–Kier alpha value is -3.35. The summed E-state index contributed by atoms with van der Waals surface area (Å²) in [5.74, 6) is 1.63. The van der Waals surface area contributed by atoms with Gasteiger partial charge in [-0.25, -0.2) is 14.4 Å². The fraction of sp³-hybridized carbons (Fsp3) is 0.273. The van der Waals surface area contributed by atoms with Crippen LogP contribution >= 0.6 is 0 Å². The Balaban J connectivity index is 1.58. The van der Waals surface area contributed by atoms with Crippen molar-refractivity contribution < 1.29 is 4.39 Å². The molecule has 0 bridgehead atoms. The predicted molar refractivity (Wildman–Crippen MR) is 110 cm³/mol. The molecule has 0 aliphatic carbocycles. The molecule has 4 heterocycles. The minimum absolute atomic E-state index is 0.202. The molecule has 1 atom stereocenters. The van der Waals surface area contributed by atoms with E-state index in [1.807, 2.05) is 44.3 Å². The number of aryl methyl sites for hydroxylation is 2. The lowest BCUT2D eigenvalue weighted by molar-refractivity contribution is 0.625. The highest BCUT2D eigenvalue weighted by Gasteiger charge is 2.28. The van der Waals surface area contributed by atoms with E-state index in [2.05, 4.69) is 15.0 Å². The number of hydrogen-bond donors (Lipinski definition) is 0. The smallest absolute Gasteiger partial charge is 0.182 e. The van der Waals surface area contributed by atoms with Crippen molar-refractivity contribution in [3.63, 3.8) is 0 Å². The van der Waals surface area contributed by atoms with Crippen LogP contribution in [0.2, 0.25) is 0 Å². The molecule has 146 valence electrons.